The predicted octanol–water partition coefficient (Wildman–Crippen LogP) is 18.5. The highest BCUT2D eigenvalue weighted by Crippen LogP contribution is 2.37. The molecule has 15 aromatic rings. The molecule has 0 unspecified atom stereocenters. The Labute approximate surface area is 650 Å². The Hall–Kier alpha value is -15.4. The van der Waals surface area contributed by atoms with Crippen molar-refractivity contribution in [3.05, 3.63) is 372 Å². The monoisotopic (exact) mass is 1500 g/mol. The molecular formula is C89H68N18O5S. The summed E-state index contributed by atoms with van der Waals surface area (Å²) >= 11 is 0. The fourth-order valence-electron chi connectivity index (χ4n) is 13.4. The maximum atomic E-state index is 14.2. The molecule has 24 heteroatoms. The van der Waals surface area contributed by atoms with Gasteiger partial charge in [0, 0.05) is 52.7 Å². The van der Waals surface area contributed by atoms with Crippen LogP contribution in [0.5, 0.6) is 0 Å². The van der Waals surface area contributed by atoms with Gasteiger partial charge >= 0.3 is 0 Å². The summed E-state index contributed by atoms with van der Waals surface area (Å²) in [6.45, 7) is 40.9. The van der Waals surface area contributed by atoms with Crippen molar-refractivity contribution >= 4 is 82.5 Å². The first-order chi connectivity index (χ1) is 54.7. The zero-order chi connectivity index (χ0) is 79.6. The van der Waals surface area contributed by atoms with Crippen LogP contribution >= 0.6 is 0 Å². The van der Waals surface area contributed by atoms with Crippen LogP contribution in [0.4, 0.5) is 40.2 Å². The maximum Gasteiger partial charge on any atom is 0.263 e. The van der Waals surface area contributed by atoms with Gasteiger partial charge in [0.15, 0.2) is 5.69 Å². The third kappa shape index (κ3) is 16.1. The molecule has 0 aliphatic carbocycles. The summed E-state index contributed by atoms with van der Waals surface area (Å²) < 4.78 is 28.5. The molecule has 0 radical (unpaired) electrons. The van der Waals surface area contributed by atoms with E-state index in [1.54, 1.807) is 70.9 Å². The number of sulfonamides is 1. The van der Waals surface area contributed by atoms with Crippen LogP contribution in [-0.4, -0.2) is 52.0 Å². The summed E-state index contributed by atoms with van der Waals surface area (Å²) in [5.41, 5.74) is 10.3. The number of nitrogens with one attached hydrogen (secondary N) is 3. The second-order valence-corrected chi connectivity index (χ2v) is 27.8. The van der Waals surface area contributed by atoms with Crippen LogP contribution in [-0.2, 0) is 10.0 Å². The zero-order valence-electron chi connectivity index (χ0n) is 61.8. The van der Waals surface area contributed by atoms with Crippen molar-refractivity contribution in [2.24, 2.45) is 5.14 Å². The lowest BCUT2D eigenvalue weighted by molar-refractivity contribution is 0.598. The molecule has 550 valence electrons. The Morgan fingerprint density at radius 1 is 0.407 bits per heavy atom. The minimum absolute atomic E-state index is 0.00545. The van der Waals surface area contributed by atoms with Crippen molar-refractivity contribution in [1.82, 2.24) is 43.6 Å². The van der Waals surface area contributed by atoms with Gasteiger partial charge in [-0.25, -0.2) is 47.9 Å². The first-order valence-electron chi connectivity index (χ1n) is 35.4. The molecular weight excluding hydrogens is 1430 g/mol. The van der Waals surface area contributed by atoms with E-state index in [0.29, 0.717) is 102 Å². The number of nitriles is 1. The van der Waals surface area contributed by atoms with Crippen LogP contribution in [0.3, 0.4) is 0 Å². The molecule has 23 nitrogen and oxygen atoms in total. The lowest BCUT2D eigenvalue weighted by atomic mass is 9.97. The van der Waals surface area contributed by atoms with E-state index in [4.69, 9.17) is 31.4 Å². The molecule has 0 saturated carbocycles. The molecule has 0 spiro atoms. The van der Waals surface area contributed by atoms with E-state index in [1.807, 2.05) is 209 Å². The van der Waals surface area contributed by atoms with Crippen molar-refractivity contribution in [1.29, 1.82) is 5.26 Å². The summed E-state index contributed by atoms with van der Waals surface area (Å²) in [4.78, 5) is 82.4. The van der Waals surface area contributed by atoms with Crippen molar-refractivity contribution in [3.8, 4) is 56.5 Å². The Balaban J connectivity index is 0.000000148. The summed E-state index contributed by atoms with van der Waals surface area (Å²) in [6.07, 6.45) is 4.47. The second kappa shape index (κ2) is 33.0. The van der Waals surface area contributed by atoms with E-state index in [1.165, 1.54) is 30.7 Å². The number of nitrogens with zero attached hydrogens (tertiary/aromatic N) is 14. The molecule has 9 aromatic carbocycles. The van der Waals surface area contributed by atoms with Gasteiger partial charge in [-0.1, -0.05) is 152 Å². The van der Waals surface area contributed by atoms with E-state index < -0.39 is 16.1 Å². The van der Waals surface area contributed by atoms with E-state index in [2.05, 4.69) is 71.3 Å². The van der Waals surface area contributed by atoms with Crippen LogP contribution in [0, 0.1) is 58.4 Å². The molecule has 0 bridgehead atoms. The summed E-state index contributed by atoms with van der Waals surface area (Å²) in [5.74, 6) is 2.86. The minimum Gasteiger partial charge on any atom is -0.371 e. The molecule has 0 aliphatic rings. The van der Waals surface area contributed by atoms with E-state index in [9.17, 15) is 28.1 Å². The summed E-state index contributed by atoms with van der Waals surface area (Å²) in [6, 6.07) is 73.0. The van der Waals surface area contributed by atoms with Crippen LogP contribution in [0.15, 0.2) is 274 Å². The lowest BCUT2D eigenvalue weighted by Crippen LogP contribution is -2.26. The standard InChI is InChI=1S/2C30H22N6O.C29H24N6O3S/c1-19(34-29-26(32-4)18-33-20(2)35-29)27-17-22-11-9-15-25(21-10-8-12-23(16-21)31-3)28(22)30(37)36(27)24-13-6-5-7-14-24;1-19(34-29-26(32-3)18-33-20(2)35-29)27-16-23-8-7-11-25(22-14-12-21(17-31)13-15-22)28(23)30(37)36(27)24-9-5-4-6-10-24;1-18(33-28-25(31-3)17-32-19(2)34-28)26-16-21-8-7-11-24(20-12-14-23(15-13-20)39(30,37)38)27(21)29(36)35(26)22-9-5-4-6-10-22/h5-19H,1-2H3,(H,33,34,35);4-16,18-19H,1-2H3,(H,33,34,35);4-18H,1-2H3,(H2,30,37,38)(H,32,33,34)/t2*19-;18-/m000/s1. The first kappa shape index (κ1) is 75.8. The first-order valence-corrected chi connectivity index (χ1v) is 37.0. The van der Waals surface area contributed by atoms with Gasteiger partial charge in [-0.15, -0.1) is 0 Å². The van der Waals surface area contributed by atoms with Crippen molar-refractivity contribution in [3.63, 3.8) is 0 Å². The van der Waals surface area contributed by atoms with Crippen LogP contribution in [0.2, 0.25) is 0 Å². The molecule has 0 aliphatic heterocycles. The Morgan fingerprint density at radius 2 is 0.735 bits per heavy atom. The number of aryl methyl sites for hydroxylation is 3. The fourth-order valence-corrected chi connectivity index (χ4v) is 14.0. The Kier molecular flexibility index (Phi) is 22.1. The van der Waals surface area contributed by atoms with Gasteiger partial charge < -0.3 is 16.0 Å². The molecule has 6 aromatic heterocycles. The number of nitrogens with two attached hydrogens (primary N) is 1. The van der Waals surface area contributed by atoms with Gasteiger partial charge in [-0.05, 0) is 176 Å². The average molecular weight is 1500 g/mol. The van der Waals surface area contributed by atoms with E-state index in [-0.39, 0.29) is 39.3 Å². The highest BCUT2D eigenvalue weighted by Gasteiger charge is 2.25. The van der Waals surface area contributed by atoms with Crippen molar-refractivity contribution in [2.75, 3.05) is 16.0 Å². The number of hydrogen-bond donors (Lipinski definition) is 4. The van der Waals surface area contributed by atoms with Crippen LogP contribution in [0.25, 0.3) is 102 Å². The number of rotatable bonds is 16. The highest BCUT2D eigenvalue weighted by atomic mass is 32.2. The van der Waals surface area contributed by atoms with Gasteiger partial charge in [-0.3, -0.25) is 43.0 Å². The number of pyridine rings is 3. The molecule has 3 atom stereocenters. The molecule has 0 fully saturated rings. The largest absolute Gasteiger partial charge is 0.371 e. The van der Waals surface area contributed by atoms with Gasteiger partial charge in [0.1, 0.15) is 34.9 Å². The Bertz CT molecular complexity index is 6740. The van der Waals surface area contributed by atoms with Crippen LogP contribution in [0.1, 0.15) is 79.0 Å². The van der Waals surface area contributed by atoms with E-state index >= 15 is 0 Å². The number of anilines is 3. The fraction of sp³-hybridized carbons (Fsp3) is 0.101. The molecule has 0 saturated heterocycles. The summed E-state index contributed by atoms with van der Waals surface area (Å²) in [5, 5.41) is 28.3. The topological polar surface area (TPSA) is 281 Å². The molecule has 5 N–H and O–H groups in total. The third-order valence-corrected chi connectivity index (χ3v) is 19.7. The van der Waals surface area contributed by atoms with Gasteiger partial charge in [-0.2, -0.15) is 5.26 Å². The van der Waals surface area contributed by atoms with Crippen molar-refractivity contribution < 1.29 is 8.42 Å². The maximum absolute atomic E-state index is 14.2. The SMILES string of the molecule is [C-]#[N+]c1cccc(-c2cccc3cc([C@H](C)Nc4nc(C)ncc4[N+]#[C-])n(-c4ccccc4)c(=O)c23)c1.[C-]#[N+]c1cnc(C)nc1N[C@@H](C)c1cc2cccc(-c3ccc(C#N)cc3)c2c(=O)n1-c1ccccc1.[C-]#[N+]c1cnc(C)nc1N[C@@H](C)c1cc2cccc(-c3ccc(S(N)(=O)=O)cc3)c2c(=O)n1-c1ccccc1. The predicted molar refractivity (Wildman–Crippen MR) is 442 cm³/mol. The summed E-state index contributed by atoms with van der Waals surface area (Å²) in [7, 11) is -3.84. The number of primary sulfonamides is 1. The number of fused-ring (bicyclic) bond motifs is 3. The number of hydrogen-bond acceptors (Lipinski definition) is 15. The number of para-hydroxylation sites is 3. The molecule has 0 amide bonds. The highest BCUT2D eigenvalue weighted by molar-refractivity contribution is 7.89. The second-order valence-electron chi connectivity index (χ2n) is 26.3. The van der Waals surface area contributed by atoms with Gasteiger partial charge in [0.05, 0.1) is 77.1 Å². The smallest absolute Gasteiger partial charge is 0.263 e. The zero-order valence-corrected chi connectivity index (χ0v) is 62.6. The molecule has 15 rings (SSSR count). The quantitative estimate of drug-likeness (QED) is 0.0654. The van der Waals surface area contributed by atoms with Gasteiger partial charge in [0.25, 0.3) is 16.7 Å². The normalized spacial score (nSPS) is 11.7. The Morgan fingerprint density at radius 3 is 1.05 bits per heavy atom. The van der Waals surface area contributed by atoms with Crippen LogP contribution < -0.4 is 37.8 Å². The average Bonchev–Trinajstić information content (AvgIpc) is 0.760. The molecule has 6 heterocycles. The van der Waals surface area contributed by atoms with E-state index in [0.717, 1.165) is 55.8 Å². The van der Waals surface area contributed by atoms with Gasteiger partial charge in [0.2, 0.25) is 27.1 Å². The number of aromatic nitrogens is 9. The minimum atomic E-state index is -3.84. The lowest BCUT2D eigenvalue weighted by Gasteiger charge is -2.22. The third-order valence-electron chi connectivity index (χ3n) is 18.8. The number of benzene rings is 9. The molecule has 113 heavy (non-hydrogen) atoms. The van der Waals surface area contributed by atoms with Crippen molar-refractivity contribution in [2.45, 2.75) is 64.6 Å².